The van der Waals surface area contributed by atoms with Crippen molar-refractivity contribution in [3.8, 4) is 0 Å². The van der Waals surface area contributed by atoms with Crippen molar-refractivity contribution in [1.82, 2.24) is 10.2 Å². The molecule has 1 heterocycles. The van der Waals surface area contributed by atoms with Crippen LogP contribution in [0.15, 0.2) is 0 Å². The van der Waals surface area contributed by atoms with Gasteiger partial charge in [-0.05, 0) is 31.3 Å². The number of nitrogens with two attached hydrogens (primary N) is 1. The molecule has 1 aliphatic heterocycles. The Kier molecular flexibility index (Phi) is 7.12. The number of nitrogens with one attached hydrogen (secondary N) is 1. The Morgan fingerprint density at radius 1 is 1.39 bits per heavy atom. The van der Waals surface area contributed by atoms with Crippen LogP contribution in [-0.2, 0) is 9.59 Å². The molecule has 18 heavy (non-hydrogen) atoms. The van der Waals surface area contributed by atoms with Crippen molar-refractivity contribution in [1.29, 1.82) is 0 Å². The van der Waals surface area contributed by atoms with E-state index in [1.165, 1.54) is 0 Å². The Balaban J connectivity index is 2.12. The fraction of sp³-hybridized carbons (Fsp3) is 0.833. The number of carbonyl (C=O) groups excluding carboxylic acids is 2. The van der Waals surface area contributed by atoms with Gasteiger partial charge in [-0.15, -0.1) is 0 Å². The van der Waals surface area contributed by atoms with E-state index < -0.39 is 6.04 Å². The van der Waals surface area contributed by atoms with E-state index in [1.807, 2.05) is 11.2 Å². The molecule has 1 saturated heterocycles. The summed E-state index contributed by atoms with van der Waals surface area (Å²) < 4.78 is 0. The Labute approximate surface area is 113 Å². The lowest BCUT2D eigenvalue weighted by Crippen LogP contribution is -2.42. The fourth-order valence-corrected chi connectivity index (χ4v) is 2.41. The van der Waals surface area contributed by atoms with Gasteiger partial charge in [-0.2, -0.15) is 11.8 Å². The zero-order valence-corrected chi connectivity index (χ0v) is 11.8. The number of amides is 2. The molecular weight excluding hydrogens is 250 g/mol. The van der Waals surface area contributed by atoms with Gasteiger partial charge in [0.25, 0.3) is 0 Å². The molecule has 1 fully saturated rings. The van der Waals surface area contributed by atoms with Gasteiger partial charge in [-0.3, -0.25) is 9.59 Å². The minimum absolute atomic E-state index is 0.130. The molecule has 0 aromatic rings. The summed E-state index contributed by atoms with van der Waals surface area (Å²) >= 11 is 1.67. The summed E-state index contributed by atoms with van der Waals surface area (Å²) in [6.45, 7) is 2.11. The molecule has 0 aromatic carbocycles. The lowest BCUT2D eigenvalue weighted by molar-refractivity contribution is -0.130. The van der Waals surface area contributed by atoms with Gasteiger partial charge in [0.2, 0.25) is 11.8 Å². The van der Waals surface area contributed by atoms with Crippen LogP contribution < -0.4 is 11.1 Å². The first-order chi connectivity index (χ1) is 8.65. The van der Waals surface area contributed by atoms with Crippen LogP contribution in [0.1, 0.15) is 25.7 Å². The molecule has 0 aliphatic carbocycles. The van der Waals surface area contributed by atoms with Crippen LogP contribution >= 0.6 is 11.8 Å². The molecule has 1 atom stereocenters. The van der Waals surface area contributed by atoms with E-state index in [9.17, 15) is 9.59 Å². The van der Waals surface area contributed by atoms with Crippen molar-refractivity contribution in [2.24, 2.45) is 5.73 Å². The second-order valence-corrected chi connectivity index (χ2v) is 5.50. The van der Waals surface area contributed by atoms with E-state index in [0.29, 0.717) is 19.4 Å². The number of carbonyl (C=O) groups is 2. The standard InChI is InChI=1S/C12H23N3O2S/c1-18-9-5-10(13)12(17)14-6-4-11(16)15-7-2-3-8-15/h10H,2-9,13H2,1H3,(H,14,17)/t10-/m0/s1. The predicted octanol–water partition coefficient (Wildman–Crippen LogP) is 0.196. The lowest BCUT2D eigenvalue weighted by Gasteiger charge is -2.16. The molecule has 0 unspecified atom stereocenters. The molecule has 104 valence electrons. The van der Waals surface area contributed by atoms with Crippen LogP contribution in [0, 0.1) is 0 Å². The van der Waals surface area contributed by atoms with E-state index in [2.05, 4.69) is 5.32 Å². The summed E-state index contributed by atoms with van der Waals surface area (Å²) in [5, 5.41) is 2.73. The van der Waals surface area contributed by atoms with Crippen LogP contribution in [0.3, 0.4) is 0 Å². The maximum atomic E-state index is 11.7. The minimum Gasteiger partial charge on any atom is -0.354 e. The largest absolute Gasteiger partial charge is 0.354 e. The number of hydrogen-bond donors (Lipinski definition) is 2. The molecule has 0 spiro atoms. The SMILES string of the molecule is CSCC[C@H](N)C(=O)NCCC(=O)N1CCCC1. The summed E-state index contributed by atoms with van der Waals surface area (Å²) in [6.07, 6.45) is 5.22. The van der Waals surface area contributed by atoms with E-state index in [1.54, 1.807) is 11.8 Å². The summed E-state index contributed by atoms with van der Waals surface area (Å²) in [5.74, 6) is 0.852. The number of likely N-dealkylation sites (tertiary alicyclic amines) is 1. The Morgan fingerprint density at radius 3 is 2.67 bits per heavy atom. The van der Waals surface area contributed by atoms with Crippen LogP contribution in [0.4, 0.5) is 0 Å². The van der Waals surface area contributed by atoms with Gasteiger partial charge in [0, 0.05) is 26.1 Å². The Bertz CT molecular complexity index is 280. The van der Waals surface area contributed by atoms with Crippen molar-refractivity contribution >= 4 is 23.6 Å². The zero-order chi connectivity index (χ0) is 13.4. The van der Waals surface area contributed by atoms with Gasteiger partial charge in [-0.25, -0.2) is 0 Å². The third-order valence-corrected chi connectivity index (χ3v) is 3.71. The molecule has 0 aromatic heterocycles. The molecule has 6 heteroatoms. The average molecular weight is 273 g/mol. The Hall–Kier alpha value is -0.750. The highest BCUT2D eigenvalue weighted by atomic mass is 32.2. The third kappa shape index (κ3) is 5.27. The summed E-state index contributed by atoms with van der Waals surface area (Å²) in [7, 11) is 0. The van der Waals surface area contributed by atoms with Gasteiger partial charge in [0.05, 0.1) is 6.04 Å². The second-order valence-electron chi connectivity index (χ2n) is 4.52. The van der Waals surface area contributed by atoms with E-state index >= 15 is 0 Å². The molecular formula is C12H23N3O2S. The highest BCUT2D eigenvalue weighted by Crippen LogP contribution is 2.08. The lowest BCUT2D eigenvalue weighted by atomic mass is 10.2. The first-order valence-corrected chi connectivity index (χ1v) is 7.84. The Morgan fingerprint density at radius 2 is 2.06 bits per heavy atom. The van der Waals surface area contributed by atoms with E-state index in [-0.39, 0.29) is 11.8 Å². The zero-order valence-electron chi connectivity index (χ0n) is 11.0. The van der Waals surface area contributed by atoms with Gasteiger partial charge >= 0.3 is 0 Å². The second kappa shape index (κ2) is 8.37. The number of hydrogen-bond acceptors (Lipinski definition) is 4. The van der Waals surface area contributed by atoms with Crippen LogP contribution in [0.25, 0.3) is 0 Å². The van der Waals surface area contributed by atoms with E-state index in [0.717, 1.165) is 31.7 Å². The van der Waals surface area contributed by atoms with Crippen molar-refractivity contribution in [2.75, 3.05) is 31.6 Å². The summed E-state index contributed by atoms with van der Waals surface area (Å²) in [5.41, 5.74) is 5.72. The van der Waals surface area contributed by atoms with Crippen molar-refractivity contribution in [3.63, 3.8) is 0 Å². The van der Waals surface area contributed by atoms with Gasteiger partial charge < -0.3 is 16.0 Å². The van der Waals surface area contributed by atoms with Crippen molar-refractivity contribution in [2.45, 2.75) is 31.7 Å². The number of thioether (sulfide) groups is 1. The highest BCUT2D eigenvalue weighted by Gasteiger charge is 2.18. The first kappa shape index (κ1) is 15.3. The molecule has 1 aliphatic rings. The van der Waals surface area contributed by atoms with Crippen LogP contribution in [0.2, 0.25) is 0 Å². The third-order valence-electron chi connectivity index (χ3n) is 3.07. The number of rotatable bonds is 7. The molecule has 0 radical (unpaired) electrons. The molecule has 0 bridgehead atoms. The predicted molar refractivity (Wildman–Crippen MR) is 74.4 cm³/mol. The monoisotopic (exact) mass is 273 g/mol. The minimum atomic E-state index is -0.459. The van der Waals surface area contributed by atoms with Crippen molar-refractivity contribution < 1.29 is 9.59 Å². The first-order valence-electron chi connectivity index (χ1n) is 6.45. The molecule has 3 N–H and O–H groups in total. The van der Waals surface area contributed by atoms with Gasteiger partial charge in [-0.1, -0.05) is 0 Å². The maximum absolute atomic E-state index is 11.7. The van der Waals surface area contributed by atoms with Crippen LogP contribution in [0.5, 0.6) is 0 Å². The highest BCUT2D eigenvalue weighted by molar-refractivity contribution is 7.98. The maximum Gasteiger partial charge on any atom is 0.236 e. The molecule has 5 nitrogen and oxygen atoms in total. The smallest absolute Gasteiger partial charge is 0.236 e. The van der Waals surface area contributed by atoms with Gasteiger partial charge in [0.15, 0.2) is 0 Å². The molecule has 1 rings (SSSR count). The fourth-order valence-electron chi connectivity index (χ4n) is 1.92. The summed E-state index contributed by atoms with van der Waals surface area (Å²) in [4.78, 5) is 25.2. The normalized spacial score (nSPS) is 16.7. The van der Waals surface area contributed by atoms with Gasteiger partial charge in [0.1, 0.15) is 0 Å². The molecule has 0 saturated carbocycles. The van der Waals surface area contributed by atoms with Crippen molar-refractivity contribution in [3.05, 3.63) is 0 Å². The quantitative estimate of drug-likeness (QED) is 0.694. The average Bonchev–Trinajstić information content (AvgIpc) is 2.89. The molecule has 2 amide bonds. The number of nitrogens with zero attached hydrogens (tertiary/aromatic N) is 1. The topological polar surface area (TPSA) is 75.4 Å². The summed E-state index contributed by atoms with van der Waals surface area (Å²) in [6, 6.07) is -0.459. The van der Waals surface area contributed by atoms with Crippen LogP contribution in [-0.4, -0.2) is 54.4 Å². The van der Waals surface area contributed by atoms with E-state index in [4.69, 9.17) is 5.73 Å².